The Morgan fingerprint density at radius 1 is 0.419 bits per heavy atom. The first-order valence-electron chi connectivity index (χ1n) is 21.4. The van der Waals surface area contributed by atoms with Gasteiger partial charge in [0.2, 0.25) is 0 Å². The molecule has 2 nitrogen and oxygen atoms in total. The first-order chi connectivity index (χ1) is 30.8. The maximum absolute atomic E-state index is 2.52. The fraction of sp³-hybridized carbons (Fsp3) is 0.0169. The number of rotatable bonds is 4. The van der Waals surface area contributed by atoms with Gasteiger partial charge in [0.25, 0.3) is 0 Å². The Morgan fingerprint density at radius 2 is 1.08 bits per heavy atom. The quantitative estimate of drug-likeness (QED) is 0.172. The second kappa shape index (κ2) is 12.7. The van der Waals surface area contributed by atoms with Crippen LogP contribution in [0.3, 0.4) is 0 Å². The average Bonchev–Trinajstić information content (AvgIpc) is 3.99. The van der Waals surface area contributed by atoms with Crippen LogP contribution in [0.25, 0.3) is 80.7 Å². The van der Waals surface area contributed by atoms with Crippen molar-refractivity contribution in [2.45, 2.75) is 5.41 Å². The van der Waals surface area contributed by atoms with E-state index in [0.717, 1.165) is 11.4 Å². The summed E-state index contributed by atoms with van der Waals surface area (Å²) in [6.07, 6.45) is 0. The second-order valence-electron chi connectivity index (χ2n) is 16.8. The molecular weight excluding hydrogens is 769 g/mol. The van der Waals surface area contributed by atoms with Crippen molar-refractivity contribution in [2.24, 2.45) is 0 Å². The van der Waals surface area contributed by atoms with Gasteiger partial charge in [-0.05, 0) is 104 Å². The summed E-state index contributed by atoms with van der Waals surface area (Å²) in [7, 11) is 0. The molecule has 3 heterocycles. The van der Waals surface area contributed by atoms with Crippen LogP contribution in [0.4, 0.5) is 17.1 Å². The van der Waals surface area contributed by atoms with Gasteiger partial charge in [0.1, 0.15) is 0 Å². The van der Waals surface area contributed by atoms with Gasteiger partial charge < -0.3 is 9.47 Å². The Bertz CT molecular complexity index is 3820. The molecule has 3 heteroatoms. The molecule has 0 fully saturated rings. The highest BCUT2D eigenvalue weighted by atomic mass is 32.1. The minimum absolute atomic E-state index is 0.508. The van der Waals surface area contributed by atoms with Crippen LogP contribution in [0.15, 0.2) is 218 Å². The fourth-order valence-electron chi connectivity index (χ4n) is 11.3. The number of benzene rings is 10. The molecule has 288 valence electrons. The van der Waals surface area contributed by atoms with E-state index in [-0.39, 0.29) is 0 Å². The van der Waals surface area contributed by atoms with Crippen molar-refractivity contribution >= 4 is 81.1 Å². The van der Waals surface area contributed by atoms with Crippen LogP contribution >= 0.6 is 11.3 Å². The zero-order valence-corrected chi connectivity index (χ0v) is 34.4. The Kier molecular flexibility index (Phi) is 6.95. The first-order valence-corrected chi connectivity index (χ1v) is 22.2. The van der Waals surface area contributed by atoms with Crippen molar-refractivity contribution in [3.05, 3.63) is 241 Å². The zero-order chi connectivity index (χ0) is 40.5. The lowest BCUT2D eigenvalue weighted by molar-refractivity contribution is 0.749. The third-order valence-corrected chi connectivity index (χ3v) is 15.0. The van der Waals surface area contributed by atoms with Crippen molar-refractivity contribution in [1.29, 1.82) is 0 Å². The third kappa shape index (κ3) is 4.42. The number of anilines is 3. The predicted octanol–water partition coefficient (Wildman–Crippen LogP) is 16.1. The molecule has 0 radical (unpaired) electrons. The van der Waals surface area contributed by atoms with Crippen molar-refractivity contribution < 1.29 is 0 Å². The molecule has 0 amide bonds. The molecular formula is C59H36N2S. The van der Waals surface area contributed by atoms with E-state index < -0.39 is 5.41 Å². The molecule has 14 rings (SSSR count). The molecule has 1 aliphatic carbocycles. The van der Waals surface area contributed by atoms with Gasteiger partial charge in [-0.1, -0.05) is 170 Å². The molecule has 62 heavy (non-hydrogen) atoms. The summed E-state index contributed by atoms with van der Waals surface area (Å²) in [6.45, 7) is 0. The molecule has 1 spiro atoms. The summed E-state index contributed by atoms with van der Waals surface area (Å²) in [5.74, 6) is 0. The highest BCUT2D eigenvalue weighted by Crippen LogP contribution is 2.62. The lowest BCUT2D eigenvalue weighted by Gasteiger charge is -2.39. The molecule has 0 bridgehead atoms. The lowest BCUT2D eigenvalue weighted by atomic mass is 9.65. The Hall–Kier alpha value is -7.72. The van der Waals surface area contributed by atoms with Gasteiger partial charge >= 0.3 is 0 Å². The van der Waals surface area contributed by atoms with Crippen LogP contribution in [-0.4, -0.2) is 4.57 Å². The molecule has 12 aromatic rings. The number of para-hydroxylation sites is 3. The van der Waals surface area contributed by atoms with E-state index in [1.54, 1.807) is 0 Å². The minimum Gasteiger partial charge on any atom is -0.309 e. The summed E-state index contributed by atoms with van der Waals surface area (Å²) >= 11 is 1.88. The number of aromatic nitrogens is 1. The average molecular weight is 805 g/mol. The highest BCUT2D eigenvalue weighted by Gasteiger charge is 2.51. The molecule has 1 aliphatic heterocycles. The second-order valence-corrected chi connectivity index (χ2v) is 17.8. The lowest BCUT2D eigenvalue weighted by Crippen LogP contribution is -2.33. The van der Waals surface area contributed by atoms with Crippen LogP contribution in [-0.2, 0) is 5.41 Å². The molecule has 0 saturated carbocycles. The van der Waals surface area contributed by atoms with Gasteiger partial charge in [-0.3, -0.25) is 0 Å². The smallest absolute Gasteiger partial charge is 0.0754 e. The van der Waals surface area contributed by atoms with E-state index in [1.165, 1.54) is 109 Å². The summed E-state index contributed by atoms with van der Waals surface area (Å²) in [5.41, 5.74) is 17.1. The summed E-state index contributed by atoms with van der Waals surface area (Å²) < 4.78 is 5.11. The standard InChI is InChI=1S/C59H36N2S/c1-2-14-37(15-3-1)38-28-32-40(33-29-38)60(54-26-13-20-45-43-17-6-11-27-55(43)62-58(45)54)41-34-30-39-31-35-50-56(47(39)36-41)46-18-4-7-21-48(46)59(50)49-22-8-10-25-53(49)61-52-24-9-5-16-42(52)44-19-12-23-51(59)57(44)61/h1-36H. The zero-order valence-electron chi connectivity index (χ0n) is 33.6. The molecule has 1 atom stereocenters. The maximum atomic E-state index is 2.52. The molecule has 0 N–H and O–H groups in total. The largest absolute Gasteiger partial charge is 0.309 e. The number of hydrogen-bond donors (Lipinski definition) is 0. The minimum atomic E-state index is -0.508. The van der Waals surface area contributed by atoms with Gasteiger partial charge in [-0.15, -0.1) is 11.3 Å². The van der Waals surface area contributed by atoms with E-state index in [1.807, 2.05) is 11.3 Å². The number of thiophene rings is 1. The maximum Gasteiger partial charge on any atom is 0.0754 e. The molecule has 1 unspecified atom stereocenters. The molecule has 10 aromatic carbocycles. The van der Waals surface area contributed by atoms with Crippen LogP contribution in [0.1, 0.15) is 22.3 Å². The normalized spacial score (nSPS) is 14.8. The van der Waals surface area contributed by atoms with E-state index >= 15 is 0 Å². The first kappa shape index (κ1) is 34.0. The Balaban J connectivity index is 1.05. The van der Waals surface area contributed by atoms with Gasteiger partial charge in [0, 0.05) is 37.6 Å². The molecule has 2 aromatic heterocycles. The number of fused-ring (bicyclic) bond motifs is 17. The Labute approximate surface area is 362 Å². The molecule has 0 saturated heterocycles. The van der Waals surface area contributed by atoms with Gasteiger partial charge in [0.05, 0.1) is 32.5 Å². The topological polar surface area (TPSA) is 8.17 Å². The van der Waals surface area contributed by atoms with Gasteiger partial charge in [-0.25, -0.2) is 0 Å². The van der Waals surface area contributed by atoms with E-state index in [4.69, 9.17) is 0 Å². The van der Waals surface area contributed by atoms with Crippen molar-refractivity contribution in [2.75, 3.05) is 4.90 Å². The van der Waals surface area contributed by atoms with Crippen LogP contribution in [0.5, 0.6) is 0 Å². The van der Waals surface area contributed by atoms with E-state index in [2.05, 4.69) is 228 Å². The van der Waals surface area contributed by atoms with Crippen LogP contribution in [0.2, 0.25) is 0 Å². The van der Waals surface area contributed by atoms with Gasteiger partial charge in [-0.2, -0.15) is 0 Å². The number of hydrogen-bond acceptors (Lipinski definition) is 2. The van der Waals surface area contributed by atoms with Crippen LogP contribution < -0.4 is 4.90 Å². The Morgan fingerprint density at radius 3 is 1.98 bits per heavy atom. The highest BCUT2D eigenvalue weighted by molar-refractivity contribution is 7.26. The SMILES string of the molecule is c1ccc(-c2ccc(N(c3ccc4ccc5c(c4c3)-c3ccccc3C53c4ccccc4-n4c5ccccc5c5cccc3c54)c3cccc4c3sc3ccccc34)cc2)cc1. The monoisotopic (exact) mass is 804 g/mol. The summed E-state index contributed by atoms with van der Waals surface area (Å²) in [6, 6.07) is 81.5. The van der Waals surface area contributed by atoms with E-state index in [0.29, 0.717) is 0 Å². The van der Waals surface area contributed by atoms with Crippen molar-refractivity contribution in [3.63, 3.8) is 0 Å². The third-order valence-electron chi connectivity index (χ3n) is 13.8. The number of nitrogens with zero attached hydrogens (tertiary/aromatic N) is 2. The van der Waals surface area contributed by atoms with E-state index in [9.17, 15) is 0 Å². The van der Waals surface area contributed by atoms with Gasteiger partial charge in [0.15, 0.2) is 0 Å². The predicted molar refractivity (Wildman–Crippen MR) is 262 cm³/mol. The van der Waals surface area contributed by atoms with Crippen LogP contribution in [0, 0.1) is 0 Å². The summed E-state index contributed by atoms with van der Waals surface area (Å²) in [5, 5.41) is 7.66. The van der Waals surface area contributed by atoms with Crippen molar-refractivity contribution in [3.8, 4) is 27.9 Å². The molecule has 2 aliphatic rings. The van der Waals surface area contributed by atoms with Crippen molar-refractivity contribution in [1.82, 2.24) is 4.57 Å². The fourth-order valence-corrected chi connectivity index (χ4v) is 12.5. The summed E-state index contributed by atoms with van der Waals surface area (Å²) in [4.78, 5) is 2.48.